The topological polar surface area (TPSA) is 82.1 Å². The molecule has 1 N–H and O–H groups in total. The zero-order valence-electron chi connectivity index (χ0n) is 13.3. The van der Waals surface area contributed by atoms with E-state index in [0.29, 0.717) is 32.2 Å². The molecule has 6 nitrogen and oxygen atoms in total. The maximum Gasteiger partial charge on any atom is 0.297 e. The summed E-state index contributed by atoms with van der Waals surface area (Å²) in [5.41, 5.74) is 1.15. The largest absolute Gasteiger partial charge is 0.538 e. The molecule has 0 spiro atoms. The highest BCUT2D eigenvalue weighted by molar-refractivity contribution is 7.99. The number of benzene rings is 2. The molecule has 0 aliphatic heterocycles. The van der Waals surface area contributed by atoms with Crippen LogP contribution in [0.15, 0.2) is 58.1 Å². The number of nitrogens with zero attached hydrogens (tertiary/aromatic N) is 2. The van der Waals surface area contributed by atoms with Gasteiger partial charge < -0.3 is 14.9 Å². The minimum absolute atomic E-state index is 0.174. The summed E-state index contributed by atoms with van der Waals surface area (Å²) in [4.78, 5) is 12.1. The van der Waals surface area contributed by atoms with Gasteiger partial charge >= 0.3 is 0 Å². The molecule has 0 unspecified atom stereocenters. The van der Waals surface area contributed by atoms with E-state index in [9.17, 15) is 9.90 Å². The molecular formula is C17H13Cl2N3O3S. The molecule has 134 valence electrons. The van der Waals surface area contributed by atoms with Crippen molar-refractivity contribution < 1.29 is 19.1 Å². The number of rotatable bonds is 6. The number of para-hydroxylation sites is 1. The Morgan fingerprint density at radius 1 is 1.23 bits per heavy atom. The zero-order valence-corrected chi connectivity index (χ0v) is 15.6. The Morgan fingerprint density at radius 2 is 2.00 bits per heavy atom. The Bertz CT molecular complexity index is 919. The van der Waals surface area contributed by atoms with Crippen LogP contribution in [0.4, 0.5) is 5.69 Å². The number of carbonyl (C=O) groups is 1. The lowest BCUT2D eigenvalue weighted by atomic mass is 10.3. The van der Waals surface area contributed by atoms with Gasteiger partial charge in [-0.15, -0.1) is 0 Å². The first-order valence-electron chi connectivity index (χ1n) is 7.57. The van der Waals surface area contributed by atoms with E-state index in [0.717, 1.165) is 0 Å². The molecule has 0 fully saturated rings. The fraction of sp³-hybridized carbons (Fsp3) is 0.118. The smallest absolute Gasteiger partial charge is 0.297 e. The van der Waals surface area contributed by atoms with Crippen LogP contribution in [-0.2, 0) is 4.79 Å². The second-order valence-corrected chi connectivity index (χ2v) is 7.11. The molecule has 3 aromatic rings. The first-order valence-corrected chi connectivity index (χ1v) is 9.31. The molecule has 9 heteroatoms. The molecule has 0 aliphatic rings. The van der Waals surface area contributed by atoms with Crippen molar-refractivity contribution in [1.82, 2.24) is 5.27 Å². The highest BCUT2D eigenvalue weighted by Gasteiger charge is 2.21. The summed E-state index contributed by atoms with van der Waals surface area (Å²) in [6.07, 6.45) is 0.174. The molecule has 0 saturated heterocycles. The highest BCUT2D eigenvalue weighted by atomic mass is 35.5. The lowest BCUT2D eigenvalue weighted by Gasteiger charge is -2.07. The van der Waals surface area contributed by atoms with Crippen LogP contribution in [0.2, 0.25) is 10.0 Å². The van der Waals surface area contributed by atoms with Crippen LogP contribution in [0.25, 0.3) is 5.69 Å². The van der Waals surface area contributed by atoms with Gasteiger partial charge in [-0.25, -0.2) is 0 Å². The SMILES string of the molecule is O=C(CCSc1c([O-])on[n+]1-c1ccccc1)Nc1cc(Cl)ccc1Cl. The van der Waals surface area contributed by atoms with Crippen LogP contribution < -0.4 is 15.1 Å². The van der Waals surface area contributed by atoms with Crippen LogP contribution in [-0.4, -0.2) is 16.9 Å². The predicted octanol–water partition coefficient (Wildman–Crippen LogP) is 3.45. The van der Waals surface area contributed by atoms with E-state index in [1.165, 1.54) is 16.4 Å². The number of halogens is 2. The fourth-order valence-electron chi connectivity index (χ4n) is 2.14. The summed E-state index contributed by atoms with van der Waals surface area (Å²) in [6.45, 7) is 0. The first-order chi connectivity index (χ1) is 12.5. The lowest BCUT2D eigenvalue weighted by molar-refractivity contribution is -0.705. The lowest BCUT2D eigenvalue weighted by Crippen LogP contribution is -2.34. The number of nitrogens with one attached hydrogen (secondary N) is 1. The summed E-state index contributed by atoms with van der Waals surface area (Å²) in [7, 11) is 0. The van der Waals surface area contributed by atoms with Crippen molar-refractivity contribution in [3.8, 4) is 11.6 Å². The Kier molecular flexibility index (Phi) is 6.03. The quantitative estimate of drug-likeness (QED) is 0.497. The number of carbonyl (C=O) groups excluding carboxylic acids is 1. The Balaban J connectivity index is 1.61. The van der Waals surface area contributed by atoms with Crippen LogP contribution in [0, 0.1) is 0 Å². The number of amides is 1. The molecule has 0 aliphatic carbocycles. The first kappa shape index (κ1) is 18.6. The molecule has 0 atom stereocenters. The Hall–Kier alpha value is -2.22. The molecule has 26 heavy (non-hydrogen) atoms. The fourth-order valence-corrected chi connectivity index (χ4v) is 3.37. The van der Waals surface area contributed by atoms with Gasteiger partial charge in [0.05, 0.1) is 16.0 Å². The van der Waals surface area contributed by atoms with Crippen molar-refractivity contribution in [2.24, 2.45) is 0 Å². The molecule has 0 saturated carbocycles. The number of hydrogen-bond donors (Lipinski definition) is 1. The summed E-state index contributed by atoms with van der Waals surface area (Å²) in [5, 5.41) is 19.5. The molecule has 3 rings (SSSR count). The predicted molar refractivity (Wildman–Crippen MR) is 97.9 cm³/mol. The van der Waals surface area contributed by atoms with E-state index < -0.39 is 5.95 Å². The van der Waals surface area contributed by atoms with Crippen LogP contribution >= 0.6 is 35.0 Å². The van der Waals surface area contributed by atoms with Gasteiger partial charge in [-0.2, -0.15) is 0 Å². The van der Waals surface area contributed by atoms with Gasteiger partial charge in [0.25, 0.3) is 5.03 Å². The molecule has 1 heterocycles. The van der Waals surface area contributed by atoms with Crippen molar-refractivity contribution in [3.63, 3.8) is 0 Å². The normalized spacial score (nSPS) is 10.7. The second-order valence-electron chi connectivity index (χ2n) is 5.18. The third-order valence-electron chi connectivity index (χ3n) is 3.34. The van der Waals surface area contributed by atoms with E-state index in [-0.39, 0.29) is 12.3 Å². The maximum absolute atomic E-state index is 12.1. The molecule has 2 aromatic carbocycles. The van der Waals surface area contributed by atoms with E-state index in [2.05, 4.69) is 10.6 Å². The summed E-state index contributed by atoms with van der Waals surface area (Å²) in [6, 6.07) is 14.0. The van der Waals surface area contributed by atoms with Crippen LogP contribution in [0.1, 0.15) is 6.42 Å². The number of hydrogen-bond acceptors (Lipinski definition) is 5. The molecule has 1 aromatic heterocycles. The summed E-state index contributed by atoms with van der Waals surface area (Å²) < 4.78 is 6.15. The van der Waals surface area contributed by atoms with E-state index in [1.54, 1.807) is 30.3 Å². The highest BCUT2D eigenvalue weighted by Crippen LogP contribution is 2.27. The average molecular weight is 410 g/mol. The summed E-state index contributed by atoms with van der Waals surface area (Å²) >= 11 is 13.1. The zero-order chi connectivity index (χ0) is 18.5. The van der Waals surface area contributed by atoms with Crippen molar-refractivity contribution in [2.75, 3.05) is 11.1 Å². The Labute approximate surface area is 163 Å². The van der Waals surface area contributed by atoms with Crippen LogP contribution in [0.3, 0.4) is 0 Å². The van der Waals surface area contributed by atoms with Crippen molar-refractivity contribution >= 4 is 46.6 Å². The molecular weight excluding hydrogens is 397 g/mol. The third kappa shape index (κ3) is 4.49. The Morgan fingerprint density at radius 3 is 2.77 bits per heavy atom. The number of anilines is 1. The molecule has 0 radical (unpaired) electrons. The second kappa shape index (κ2) is 8.44. The average Bonchev–Trinajstić information content (AvgIpc) is 3.00. The van der Waals surface area contributed by atoms with Gasteiger partial charge in [-0.05, 0) is 22.9 Å². The third-order valence-corrected chi connectivity index (χ3v) is 4.93. The molecule has 1 amide bonds. The van der Waals surface area contributed by atoms with Gasteiger partial charge in [0.2, 0.25) is 11.6 Å². The van der Waals surface area contributed by atoms with Crippen molar-refractivity contribution in [1.29, 1.82) is 0 Å². The van der Waals surface area contributed by atoms with Crippen LogP contribution in [0.5, 0.6) is 5.95 Å². The van der Waals surface area contributed by atoms with Crippen molar-refractivity contribution in [3.05, 3.63) is 58.6 Å². The van der Waals surface area contributed by atoms with Gasteiger partial charge in [0, 0.05) is 29.3 Å². The van der Waals surface area contributed by atoms with Gasteiger partial charge in [-0.3, -0.25) is 4.79 Å². The van der Waals surface area contributed by atoms with E-state index in [1.807, 2.05) is 18.2 Å². The summed E-state index contributed by atoms with van der Waals surface area (Å²) in [5.74, 6) is -0.415. The van der Waals surface area contributed by atoms with Gasteiger partial charge in [0.15, 0.2) is 5.95 Å². The van der Waals surface area contributed by atoms with E-state index in [4.69, 9.17) is 27.7 Å². The van der Waals surface area contributed by atoms with Crippen molar-refractivity contribution in [2.45, 2.75) is 11.4 Å². The van der Waals surface area contributed by atoms with E-state index >= 15 is 0 Å². The minimum Gasteiger partial charge on any atom is -0.538 e. The monoisotopic (exact) mass is 409 g/mol. The number of aromatic nitrogens is 2. The van der Waals surface area contributed by atoms with Gasteiger partial charge in [-0.1, -0.05) is 53.2 Å². The maximum atomic E-state index is 12.1. The number of thioether (sulfide) groups is 1. The standard InChI is InChI=1S/C17H13Cl2N3O3S/c18-11-6-7-13(19)14(10-11)20-15(23)8-9-26-16-17(24)25-21-22(16)12-4-2-1-3-5-12/h1-7,10H,8-9H2,(H-,20,21,23,24). The molecule has 0 bridgehead atoms. The minimum atomic E-state index is -0.544. The van der Waals surface area contributed by atoms with Gasteiger partial charge in [0.1, 0.15) is 0 Å².